The van der Waals surface area contributed by atoms with Crippen LogP contribution in [0.25, 0.3) is 10.2 Å². The lowest BCUT2D eigenvalue weighted by molar-refractivity contribution is -0.384. The molecule has 5 rings (SSSR count). The van der Waals surface area contributed by atoms with E-state index in [2.05, 4.69) is 15.6 Å². The molecule has 2 aromatic carbocycles. The Balaban J connectivity index is 1.60. The van der Waals surface area contributed by atoms with Crippen molar-refractivity contribution in [3.8, 4) is 0 Å². The molecule has 178 valence electrons. The maximum atomic E-state index is 13.7. The van der Waals surface area contributed by atoms with Crippen molar-refractivity contribution in [3.05, 3.63) is 86.7 Å². The van der Waals surface area contributed by atoms with Crippen LogP contribution in [-0.4, -0.2) is 21.6 Å². The number of anilines is 1. The zero-order chi connectivity index (χ0) is 24.9. The molecular weight excluding hydrogens is 464 g/mol. The summed E-state index contributed by atoms with van der Waals surface area (Å²) in [6, 6.07) is 13.8. The number of benzene rings is 2. The number of aromatic nitrogens is 1. The first kappa shape index (κ1) is 22.9. The summed E-state index contributed by atoms with van der Waals surface area (Å²) in [7, 11) is 0. The zero-order valence-electron chi connectivity index (χ0n) is 19.5. The van der Waals surface area contributed by atoms with Crippen molar-refractivity contribution >= 4 is 44.1 Å². The first-order valence-electron chi connectivity index (χ1n) is 11.3. The number of dihydropyridines is 1. The number of nitro groups is 1. The van der Waals surface area contributed by atoms with E-state index in [0.717, 1.165) is 15.9 Å². The van der Waals surface area contributed by atoms with E-state index in [-0.39, 0.29) is 16.9 Å². The third kappa shape index (κ3) is 4.23. The van der Waals surface area contributed by atoms with E-state index in [1.165, 1.54) is 23.5 Å². The van der Waals surface area contributed by atoms with Gasteiger partial charge in [-0.3, -0.25) is 25.0 Å². The number of allylic oxidation sites excluding steroid dienone is 3. The van der Waals surface area contributed by atoms with Crippen LogP contribution in [0, 0.1) is 15.5 Å². The van der Waals surface area contributed by atoms with Gasteiger partial charge in [0.1, 0.15) is 0 Å². The van der Waals surface area contributed by atoms with E-state index in [1.54, 1.807) is 19.1 Å². The van der Waals surface area contributed by atoms with Gasteiger partial charge in [0.15, 0.2) is 10.9 Å². The number of nitrogens with one attached hydrogen (secondary N) is 2. The number of thiazole rings is 1. The Bertz CT molecular complexity index is 1430. The molecule has 0 fully saturated rings. The fourth-order valence-electron chi connectivity index (χ4n) is 4.98. The van der Waals surface area contributed by atoms with Gasteiger partial charge in [-0.15, -0.1) is 0 Å². The highest BCUT2D eigenvalue weighted by molar-refractivity contribution is 7.22. The topological polar surface area (TPSA) is 114 Å². The maximum Gasteiger partial charge on any atom is 0.269 e. The van der Waals surface area contributed by atoms with E-state index < -0.39 is 16.7 Å². The van der Waals surface area contributed by atoms with Crippen molar-refractivity contribution in [2.45, 2.75) is 39.5 Å². The molecular formula is C26H24N4O4S. The van der Waals surface area contributed by atoms with Crippen LogP contribution in [0.3, 0.4) is 0 Å². The molecule has 0 radical (unpaired) electrons. The summed E-state index contributed by atoms with van der Waals surface area (Å²) in [4.78, 5) is 42.6. The number of non-ortho nitro benzene ring substituents is 1. The third-order valence-electron chi connectivity index (χ3n) is 6.41. The lowest BCUT2D eigenvalue weighted by Gasteiger charge is -2.39. The summed E-state index contributed by atoms with van der Waals surface area (Å²) in [5, 5.41) is 18.1. The minimum atomic E-state index is -0.718. The number of carbonyl (C=O) groups excluding carboxylic acids is 2. The summed E-state index contributed by atoms with van der Waals surface area (Å²) in [6.45, 7) is 5.87. The Labute approximate surface area is 205 Å². The van der Waals surface area contributed by atoms with E-state index in [9.17, 15) is 19.7 Å². The fourth-order valence-corrected chi connectivity index (χ4v) is 5.84. The molecule has 9 heteroatoms. The predicted octanol–water partition coefficient (Wildman–Crippen LogP) is 5.45. The molecule has 1 aromatic heterocycles. The molecule has 1 unspecified atom stereocenters. The number of ketones is 1. The highest BCUT2D eigenvalue weighted by Gasteiger charge is 2.43. The monoisotopic (exact) mass is 488 g/mol. The largest absolute Gasteiger partial charge is 0.362 e. The Morgan fingerprint density at radius 3 is 2.71 bits per heavy atom. The summed E-state index contributed by atoms with van der Waals surface area (Å²) >= 11 is 1.36. The van der Waals surface area contributed by atoms with Crippen LogP contribution in [0.1, 0.15) is 45.1 Å². The number of hydrogen-bond acceptors (Lipinski definition) is 7. The highest BCUT2D eigenvalue weighted by Crippen LogP contribution is 2.47. The van der Waals surface area contributed by atoms with Gasteiger partial charge >= 0.3 is 0 Å². The van der Waals surface area contributed by atoms with Crippen molar-refractivity contribution in [2.24, 2.45) is 5.41 Å². The molecule has 2 aliphatic rings. The molecule has 2 N–H and O–H groups in total. The van der Waals surface area contributed by atoms with Crippen molar-refractivity contribution in [3.63, 3.8) is 0 Å². The number of amides is 1. The number of nitro benzene ring substituents is 1. The van der Waals surface area contributed by atoms with E-state index in [0.29, 0.717) is 40.4 Å². The number of carbonyl (C=O) groups is 2. The van der Waals surface area contributed by atoms with Crippen LogP contribution in [0.15, 0.2) is 71.1 Å². The van der Waals surface area contributed by atoms with Crippen LogP contribution in [0.5, 0.6) is 0 Å². The van der Waals surface area contributed by atoms with Gasteiger partial charge in [-0.05, 0) is 36.5 Å². The van der Waals surface area contributed by atoms with Gasteiger partial charge in [0.05, 0.1) is 15.1 Å². The number of para-hydroxylation sites is 1. The highest BCUT2D eigenvalue weighted by atomic mass is 32.1. The molecule has 1 aliphatic carbocycles. The Morgan fingerprint density at radius 1 is 1.20 bits per heavy atom. The van der Waals surface area contributed by atoms with Crippen LogP contribution in [-0.2, 0) is 9.59 Å². The summed E-state index contributed by atoms with van der Waals surface area (Å²) in [6.07, 6.45) is 0.981. The van der Waals surface area contributed by atoms with Crippen molar-refractivity contribution in [1.82, 2.24) is 10.3 Å². The minimum Gasteiger partial charge on any atom is -0.362 e. The van der Waals surface area contributed by atoms with Gasteiger partial charge in [0.25, 0.3) is 11.6 Å². The van der Waals surface area contributed by atoms with Crippen LogP contribution in [0.2, 0.25) is 0 Å². The molecule has 3 aromatic rings. The van der Waals surface area contributed by atoms with Crippen molar-refractivity contribution < 1.29 is 14.5 Å². The number of rotatable bonds is 4. The average molecular weight is 489 g/mol. The molecule has 0 bridgehead atoms. The van der Waals surface area contributed by atoms with E-state index >= 15 is 0 Å². The second-order valence-electron chi connectivity index (χ2n) is 9.72. The normalized spacial score (nSPS) is 19.4. The van der Waals surface area contributed by atoms with Gasteiger partial charge in [0.2, 0.25) is 0 Å². The molecule has 0 saturated carbocycles. The van der Waals surface area contributed by atoms with Gasteiger partial charge < -0.3 is 5.32 Å². The number of fused-ring (bicyclic) bond motifs is 1. The quantitative estimate of drug-likeness (QED) is 0.373. The molecule has 1 aliphatic heterocycles. The van der Waals surface area contributed by atoms with Gasteiger partial charge in [-0.1, -0.05) is 49.4 Å². The first-order chi connectivity index (χ1) is 16.6. The molecule has 0 saturated heterocycles. The molecule has 8 nitrogen and oxygen atoms in total. The van der Waals surface area contributed by atoms with Crippen LogP contribution in [0.4, 0.5) is 10.8 Å². The van der Waals surface area contributed by atoms with Crippen LogP contribution < -0.4 is 10.6 Å². The summed E-state index contributed by atoms with van der Waals surface area (Å²) in [5.74, 6) is -1.17. The second kappa shape index (κ2) is 8.42. The molecule has 0 spiro atoms. The van der Waals surface area contributed by atoms with E-state index in [1.807, 2.05) is 38.1 Å². The number of Topliss-reactive ketones (excluding diaryl/α,β-unsaturated/α-hetero) is 1. The smallest absolute Gasteiger partial charge is 0.269 e. The molecule has 1 atom stereocenters. The van der Waals surface area contributed by atoms with Gasteiger partial charge in [-0.25, -0.2) is 4.98 Å². The van der Waals surface area contributed by atoms with Crippen LogP contribution >= 0.6 is 11.3 Å². The van der Waals surface area contributed by atoms with E-state index in [4.69, 9.17) is 0 Å². The Hall–Kier alpha value is -3.85. The Kier molecular flexibility index (Phi) is 5.52. The second-order valence-corrected chi connectivity index (χ2v) is 10.8. The molecule has 1 amide bonds. The molecule has 35 heavy (non-hydrogen) atoms. The van der Waals surface area contributed by atoms with Crippen molar-refractivity contribution in [2.75, 3.05) is 5.32 Å². The zero-order valence-corrected chi connectivity index (χ0v) is 20.4. The minimum absolute atomic E-state index is 0.0574. The summed E-state index contributed by atoms with van der Waals surface area (Å²) < 4.78 is 0.945. The average Bonchev–Trinajstić information content (AvgIpc) is 3.19. The lowest BCUT2D eigenvalue weighted by atomic mass is 9.68. The number of nitrogens with zero attached hydrogens (tertiary/aromatic N) is 2. The lowest BCUT2D eigenvalue weighted by Crippen LogP contribution is -2.39. The summed E-state index contributed by atoms with van der Waals surface area (Å²) in [5.41, 5.74) is 3.26. The molecule has 2 heterocycles. The van der Waals surface area contributed by atoms with Gasteiger partial charge in [0, 0.05) is 47.0 Å². The van der Waals surface area contributed by atoms with Gasteiger partial charge in [-0.2, -0.15) is 0 Å². The standard InChI is InChI=1S/C26H24N4O4S/c1-14-21(24(32)29-25-28-17-9-4-5-10-20(17)35-25)22(15-7-6-8-16(11-15)30(33)34)23-18(27-14)12-26(2,3)13-19(23)31/h4-11,22,27H,12-13H2,1-3H3,(H,28,29,32). The predicted molar refractivity (Wildman–Crippen MR) is 135 cm³/mol. The third-order valence-corrected chi connectivity index (χ3v) is 7.36. The van der Waals surface area contributed by atoms with Crippen molar-refractivity contribution in [1.29, 1.82) is 0 Å². The first-order valence-corrected chi connectivity index (χ1v) is 12.1. The maximum absolute atomic E-state index is 13.7. The fraction of sp³-hybridized carbons (Fsp3) is 0.269. The SMILES string of the molecule is CC1=C(C(=O)Nc2nc3ccccc3s2)C(c2cccc([N+](=O)[O-])c2)C2=C(CC(C)(C)CC2=O)N1. The Morgan fingerprint density at radius 2 is 1.97 bits per heavy atom. The number of hydrogen-bond donors (Lipinski definition) is 2.